The number of amides is 1. The summed E-state index contributed by atoms with van der Waals surface area (Å²) in [5.74, 6) is 0.931. The fraction of sp³-hybridized carbons (Fsp3) is 0.524. The van der Waals surface area contributed by atoms with Crippen LogP contribution in [0.4, 0.5) is 0 Å². The number of aryl methyl sites for hydroxylation is 1. The van der Waals surface area contributed by atoms with Gasteiger partial charge in [-0.3, -0.25) is 4.79 Å². The van der Waals surface area contributed by atoms with Crippen LogP contribution in [0.5, 0.6) is 0 Å². The summed E-state index contributed by atoms with van der Waals surface area (Å²) in [5.41, 5.74) is 0.762. The molecular formula is C21H29ClN2O5. The maximum atomic E-state index is 12.3. The molecule has 1 aromatic carbocycles. The first-order valence-corrected chi connectivity index (χ1v) is 10.1. The SMILES string of the molecule is CC(C)OCCOC[C@H](O)CN(C)C(=O)CCc1ncc(-c2ccccc2Cl)o1. The molecule has 2 aromatic rings. The van der Waals surface area contributed by atoms with Crippen LogP contribution in [0.3, 0.4) is 0 Å². The van der Waals surface area contributed by atoms with Gasteiger partial charge >= 0.3 is 0 Å². The number of carbonyl (C=O) groups is 1. The number of hydrogen-bond acceptors (Lipinski definition) is 6. The number of oxazole rings is 1. The number of nitrogens with zero attached hydrogens (tertiary/aromatic N) is 2. The summed E-state index contributed by atoms with van der Waals surface area (Å²) in [6.07, 6.45) is 1.60. The van der Waals surface area contributed by atoms with Gasteiger partial charge in [0, 0.05) is 32.0 Å². The van der Waals surface area contributed by atoms with E-state index in [1.54, 1.807) is 19.3 Å². The molecule has 7 nitrogen and oxygen atoms in total. The van der Waals surface area contributed by atoms with E-state index in [2.05, 4.69) is 4.98 Å². The van der Waals surface area contributed by atoms with Gasteiger partial charge in [0.1, 0.15) is 0 Å². The summed E-state index contributed by atoms with van der Waals surface area (Å²) in [5, 5.41) is 10.6. The lowest BCUT2D eigenvalue weighted by atomic mass is 10.2. The molecule has 1 aromatic heterocycles. The van der Waals surface area contributed by atoms with Crippen LogP contribution in [-0.4, -0.2) is 66.5 Å². The second kappa shape index (κ2) is 11.9. The highest BCUT2D eigenvalue weighted by molar-refractivity contribution is 6.33. The van der Waals surface area contributed by atoms with Gasteiger partial charge in [-0.05, 0) is 26.0 Å². The van der Waals surface area contributed by atoms with Crippen molar-refractivity contribution in [3.8, 4) is 11.3 Å². The number of carbonyl (C=O) groups excluding carboxylic acids is 1. The molecular weight excluding hydrogens is 396 g/mol. The minimum absolute atomic E-state index is 0.107. The number of likely N-dealkylation sites (N-methyl/N-ethyl adjacent to an activating group) is 1. The average Bonchev–Trinajstić information content (AvgIpc) is 3.14. The molecule has 0 fully saturated rings. The van der Waals surface area contributed by atoms with Gasteiger partial charge in [-0.25, -0.2) is 4.98 Å². The number of hydrogen-bond donors (Lipinski definition) is 1. The van der Waals surface area contributed by atoms with Crippen molar-refractivity contribution >= 4 is 17.5 Å². The maximum absolute atomic E-state index is 12.3. The minimum Gasteiger partial charge on any atom is -0.441 e. The fourth-order valence-corrected chi connectivity index (χ4v) is 2.88. The zero-order valence-corrected chi connectivity index (χ0v) is 17.9. The summed E-state index contributed by atoms with van der Waals surface area (Å²) in [6, 6.07) is 7.35. The molecule has 0 aliphatic heterocycles. The second-order valence-electron chi connectivity index (χ2n) is 7.02. The Morgan fingerprint density at radius 3 is 2.79 bits per heavy atom. The third-order valence-electron chi connectivity index (χ3n) is 4.15. The Morgan fingerprint density at radius 1 is 1.31 bits per heavy atom. The topological polar surface area (TPSA) is 85.0 Å². The monoisotopic (exact) mass is 424 g/mol. The van der Waals surface area contributed by atoms with E-state index in [1.165, 1.54) is 4.90 Å². The summed E-state index contributed by atoms with van der Waals surface area (Å²) in [7, 11) is 1.65. The number of aliphatic hydroxyl groups is 1. The molecule has 2 rings (SSSR count). The van der Waals surface area contributed by atoms with Crippen molar-refractivity contribution < 1.29 is 23.8 Å². The molecule has 29 heavy (non-hydrogen) atoms. The van der Waals surface area contributed by atoms with Crippen molar-refractivity contribution in [1.29, 1.82) is 0 Å². The van der Waals surface area contributed by atoms with Crippen LogP contribution in [0, 0.1) is 0 Å². The van der Waals surface area contributed by atoms with Crippen LogP contribution in [0.15, 0.2) is 34.9 Å². The van der Waals surface area contributed by atoms with Crippen molar-refractivity contribution in [3.05, 3.63) is 41.4 Å². The summed E-state index contributed by atoms with van der Waals surface area (Å²) < 4.78 is 16.4. The van der Waals surface area contributed by atoms with Gasteiger partial charge in [0.05, 0.1) is 43.2 Å². The lowest BCUT2D eigenvalue weighted by Crippen LogP contribution is -2.36. The van der Waals surface area contributed by atoms with Crippen molar-refractivity contribution in [1.82, 2.24) is 9.88 Å². The Morgan fingerprint density at radius 2 is 2.07 bits per heavy atom. The largest absolute Gasteiger partial charge is 0.441 e. The zero-order valence-electron chi connectivity index (χ0n) is 17.1. The van der Waals surface area contributed by atoms with Crippen molar-refractivity contribution in [3.63, 3.8) is 0 Å². The summed E-state index contributed by atoms with van der Waals surface area (Å²) >= 11 is 6.16. The molecule has 0 saturated carbocycles. The normalized spacial score (nSPS) is 12.3. The third-order valence-corrected chi connectivity index (χ3v) is 4.47. The lowest BCUT2D eigenvalue weighted by Gasteiger charge is -2.20. The van der Waals surface area contributed by atoms with Crippen LogP contribution in [0.2, 0.25) is 5.02 Å². The van der Waals surface area contributed by atoms with E-state index in [-0.39, 0.29) is 31.6 Å². The second-order valence-corrected chi connectivity index (χ2v) is 7.43. The Bertz CT molecular complexity index is 765. The van der Waals surface area contributed by atoms with Gasteiger partial charge in [0.25, 0.3) is 0 Å². The van der Waals surface area contributed by atoms with Crippen LogP contribution in [0.25, 0.3) is 11.3 Å². The first-order chi connectivity index (χ1) is 13.9. The lowest BCUT2D eigenvalue weighted by molar-refractivity contribution is -0.131. The number of benzene rings is 1. The molecule has 0 unspecified atom stereocenters. The quantitative estimate of drug-likeness (QED) is 0.527. The van der Waals surface area contributed by atoms with Crippen LogP contribution >= 0.6 is 11.6 Å². The molecule has 1 heterocycles. The van der Waals surface area contributed by atoms with E-state index >= 15 is 0 Å². The molecule has 0 bridgehead atoms. The highest BCUT2D eigenvalue weighted by Crippen LogP contribution is 2.28. The number of aliphatic hydroxyl groups excluding tert-OH is 1. The van der Waals surface area contributed by atoms with E-state index in [0.29, 0.717) is 36.3 Å². The zero-order chi connectivity index (χ0) is 21.2. The van der Waals surface area contributed by atoms with Crippen molar-refractivity contribution in [2.24, 2.45) is 0 Å². The predicted octanol–water partition coefficient (Wildman–Crippen LogP) is 3.19. The molecule has 8 heteroatoms. The van der Waals surface area contributed by atoms with Gasteiger partial charge in [0.2, 0.25) is 5.91 Å². The van der Waals surface area contributed by atoms with E-state index < -0.39 is 6.10 Å². The first kappa shape index (κ1) is 23.3. The third kappa shape index (κ3) is 8.14. The van der Waals surface area contributed by atoms with Crippen molar-refractivity contribution in [2.45, 2.75) is 38.9 Å². The van der Waals surface area contributed by atoms with Gasteiger partial charge in [0.15, 0.2) is 11.7 Å². The Balaban J connectivity index is 1.71. The van der Waals surface area contributed by atoms with Gasteiger partial charge < -0.3 is 23.9 Å². The van der Waals surface area contributed by atoms with E-state index in [1.807, 2.05) is 32.0 Å². The van der Waals surface area contributed by atoms with E-state index in [9.17, 15) is 9.90 Å². The molecule has 0 spiro atoms. The number of halogens is 1. The summed E-state index contributed by atoms with van der Waals surface area (Å²) in [4.78, 5) is 18.0. The molecule has 0 aliphatic rings. The minimum atomic E-state index is -0.753. The molecule has 0 saturated heterocycles. The molecule has 0 aliphatic carbocycles. The number of ether oxygens (including phenoxy) is 2. The highest BCUT2D eigenvalue weighted by atomic mass is 35.5. The van der Waals surface area contributed by atoms with Crippen LogP contribution in [-0.2, 0) is 20.7 Å². The van der Waals surface area contributed by atoms with Gasteiger partial charge in [-0.1, -0.05) is 23.7 Å². The molecule has 1 atom stereocenters. The van der Waals surface area contributed by atoms with E-state index in [0.717, 1.165) is 5.56 Å². The summed E-state index contributed by atoms with van der Waals surface area (Å²) in [6.45, 7) is 5.13. The number of rotatable bonds is 12. The van der Waals surface area contributed by atoms with Crippen molar-refractivity contribution in [2.75, 3.05) is 33.4 Å². The predicted molar refractivity (Wildman–Crippen MR) is 111 cm³/mol. The Hall–Kier alpha value is -1.93. The average molecular weight is 425 g/mol. The van der Waals surface area contributed by atoms with Crippen LogP contribution in [0.1, 0.15) is 26.2 Å². The van der Waals surface area contributed by atoms with Gasteiger partial charge in [-0.2, -0.15) is 0 Å². The molecule has 1 N–H and O–H groups in total. The molecule has 1 amide bonds. The maximum Gasteiger partial charge on any atom is 0.222 e. The van der Waals surface area contributed by atoms with E-state index in [4.69, 9.17) is 25.5 Å². The Labute approximate surface area is 176 Å². The first-order valence-electron chi connectivity index (χ1n) is 9.67. The Kier molecular flexibility index (Phi) is 9.60. The number of aromatic nitrogens is 1. The smallest absolute Gasteiger partial charge is 0.222 e. The van der Waals surface area contributed by atoms with Crippen LogP contribution < -0.4 is 0 Å². The molecule has 160 valence electrons. The highest BCUT2D eigenvalue weighted by Gasteiger charge is 2.16. The standard InChI is InChI=1S/C21H29ClN2O5/c1-15(2)28-11-10-27-14-16(25)13-24(3)21(26)9-8-20-23-12-19(29-20)17-6-4-5-7-18(17)22/h4-7,12,15-16,25H,8-11,13-14H2,1-3H3/t16-/m1/s1. The molecule has 0 radical (unpaired) electrons. The fourth-order valence-electron chi connectivity index (χ4n) is 2.65. The van der Waals surface area contributed by atoms with Gasteiger partial charge in [-0.15, -0.1) is 0 Å².